The van der Waals surface area contributed by atoms with Gasteiger partial charge in [0, 0.05) is 0 Å². The highest BCUT2D eigenvalue weighted by Gasteiger charge is 2.30. The number of nitrogen functional groups attached to an aromatic ring is 1. The second-order valence-electron chi connectivity index (χ2n) is 3.41. The van der Waals surface area contributed by atoms with E-state index >= 15 is 0 Å². The van der Waals surface area contributed by atoms with E-state index < -0.39 is 0 Å². The maximum absolute atomic E-state index is 5.95. The molecule has 0 aromatic carbocycles. The summed E-state index contributed by atoms with van der Waals surface area (Å²) in [5.74, 6) is 0.752. The molecule has 1 aromatic heterocycles. The molecule has 0 bridgehead atoms. The molecule has 0 radical (unpaired) electrons. The molecule has 3 nitrogen and oxygen atoms in total. The van der Waals surface area contributed by atoms with Gasteiger partial charge in [0.05, 0.1) is 17.9 Å². The lowest BCUT2D eigenvalue weighted by molar-refractivity contribution is 0.441. The molecule has 1 aromatic rings. The Kier molecular flexibility index (Phi) is 1.76. The molecule has 1 saturated carbocycles. The van der Waals surface area contributed by atoms with Crippen LogP contribution < -0.4 is 5.73 Å². The predicted octanol–water partition coefficient (Wildman–Crippen LogP) is 2.09. The van der Waals surface area contributed by atoms with Crippen molar-refractivity contribution in [3.63, 3.8) is 0 Å². The van der Waals surface area contributed by atoms with Crippen molar-refractivity contribution < 1.29 is 0 Å². The highest BCUT2D eigenvalue weighted by molar-refractivity contribution is 6.32. The van der Waals surface area contributed by atoms with Crippen molar-refractivity contribution in [2.75, 3.05) is 5.73 Å². The Bertz CT molecular complexity index is 290. The smallest absolute Gasteiger partial charge is 0.150 e. The molecule has 1 aliphatic rings. The van der Waals surface area contributed by atoms with Crippen LogP contribution in [0.25, 0.3) is 0 Å². The quantitative estimate of drug-likeness (QED) is 0.767. The standard InChI is InChI=1S/C8H12ClN3/c1-5(6-2-3-6)12-8(9)7(10)4-11-12/h4-6H,2-3,10H2,1H3/t5-/m1/s1. The highest BCUT2D eigenvalue weighted by Crippen LogP contribution is 2.40. The first kappa shape index (κ1) is 7.92. The number of halogens is 1. The van der Waals surface area contributed by atoms with Gasteiger partial charge < -0.3 is 5.73 Å². The van der Waals surface area contributed by atoms with Gasteiger partial charge in [0.1, 0.15) is 5.15 Å². The molecule has 0 saturated heterocycles. The summed E-state index contributed by atoms with van der Waals surface area (Å²) < 4.78 is 1.81. The first-order chi connectivity index (χ1) is 5.70. The fraction of sp³-hybridized carbons (Fsp3) is 0.625. The van der Waals surface area contributed by atoms with Crippen LogP contribution in [0.15, 0.2) is 6.20 Å². The molecule has 1 heterocycles. The predicted molar refractivity (Wildman–Crippen MR) is 49.1 cm³/mol. The number of anilines is 1. The molecule has 0 amide bonds. The van der Waals surface area contributed by atoms with E-state index in [0.29, 0.717) is 16.9 Å². The Morgan fingerprint density at radius 2 is 2.42 bits per heavy atom. The summed E-state index contributed by atoms with van der Waals surface area (Å²) in [6, 6.07) is 0.398. The van der Waals surface area contributed by atoms with E-state index in [1.165, 1.54) is 12.8 Å². The van der Waals surface area contributed by atoms with Crippen LogP contribution >= 0.6 is 11.6 Å². The van der Waals surface area contributed by atoms with Gasteiger partial charge in [0.25, 0.3) is 0 Å². The van der Waals surface area contributed by atoms with E-state index in [-0.39, 0.29) is 0 Å². The van der Waals surface area contributed by atoms with Gasteiger partial charge in [-0.25, -0.2) is 4.68 Å². The number of hydrogen-bond acceptors (Lipinski definition) is 2. The third-order valence-corrected chi connectivity index (χ3v) is 2.84. The van der Waals surface area contributed by atoms with Crippen molar-refractivity contribution in [3.05, 3.63) is 11.3 Å². The summed E-state index contributed by atoms with van der Waals surface area (Å²) in [6.45, 7) is 2.13. The molecular weight excluding hydrogens is 174 g/mol. The van der Waals surface area contributed by atoms with Crippen LogP contribution in [-0.2, 0) is 0 Å². The summed E-state index contributed by atoms with van der Waals surface area (Å²) in [5.41, 5.74) is 6.16. The summed E-state index contributed by atoms with van der Waals surface area (Å²) in [5, 5.41) is 4.71. The van der Waals surface area contributed by atoms with Crippen molar-refractivity contribution in [3.8, 4) is 0 Å². The van der Waals surface area contributed by atoms with Gasteiger partial charge in [-0.15, -0.1) is 0 Å². The van der Waals surface area contributed by atoms with Crippen molar-refractivity contribution in [2.45, 2.75) is 25.8 Å². The van der Waals surface area contributed by atoms with E-state index in [1.807, 2.05) is 4.68 Å². The van der Waals surface area contributed by atoms with Gasteiger partial charge in [0.2, 0.25) is 0 Å². The molecule has 0 unspecified atom stereocenters. The maximum atomic E-state index is 5.95. The lowest BCUT2D eigenvalue weighted by Gasteiger charge is -2.11. The lowest BCUT2D eigenvalue weighted by atomic mass is 10.2. The van der Waals surface area contributed by atoms with Crippen LogP contribution in [0.1, 0.15) is 25.8 Å². The average molecular weight is 186 g/mol. The van der Waals surface area contributed by atoms with E-state index in [1.54, 1.807) is 6.20 Å². The monoisotopic (exact) mass is 185 g/mol. The fourth-order valence-corrected chi connectivity index (χ4v) is 1.67. The summed E-state index contributed by atoms with van der Waals surface area (Å²) in [7, 11) is 0. The fourth-order valence-electron chi connectivity index (χ4n) is 1.42. The molecule has 0 spiro atoms. The van der Waals surface area contributed by atoms with Crippen LogP contribution in [0.5, 0.6) is 0 Å². The lowest BCUT2D eigenvalue weighted by Crippen LogP contribution is -2.08. The summed E-state index contributed by atoms with van der Waals surface area (Å²) in [6.07, 6.45) is 4.19. The number of nitrogens with zero attached hydrogens (tertiary/aromatic N) is 2. The zero-order chi connectivity index (χ0) is 8.72. The van der Waals surface area contributed by atoms with Crippen molar-refractivity contribution in [2.24, 2.45) is 5.92 Å². The minimum Gasteiger partial charge on any atom is -0.395 e. The minimum absolute atomic E-state index is 0.398. The molecule has 12 heavy (non-hydrogen) atoms. The molecular formula is C8H12ClN3. The van der Waals surface area contributed by atoms with Crippen LogP contribution in [0.3, 0.4) is 0 Å². The summed E-state index contributed by atoms with van der Waals surface area (Å²) in [4.78, 5) is 0. The van der Waals surface area contributed by atoms with E-state index in [4.69, 9.17) is 17.3 Å². The number of rotatable bonds is 2. The molecule has 2 N–H and O–H groups in total. The molecule has 2 rings (SSSR count). The Labute approximate surface area is 76.5 Å². The Morgan fingerprint density at radius 3 is 2.83 bits per heavy atom. The Balaban J connectivity index is 2.25. The SMILES string of the molecule is C[C@H](C1CC1)n1ncc(N)c1Cl. The van der Waals surface area contributed by atoms with Gasteiger partial charge in [0.15, 0.2) is 0 Å². The van der Waals surface area contributed by atoms with Gasteiger partial charge in [-0.2, -0.15) is 5.10 Å². The first-order valence-corrected chi connectivity index (χ1v) is 4.56. The third kappa shape index (κ3) is 1.18. The van der Waals surface area contributed by atoms with Crippen LogP contribution in [-0.4, -0.2) is 9.78 Å². The molecule has 1 fully saturated rings. The van der Waals surface area contributed by atoms with E-state index in [9.17, 15) is 0 Å². The van der Waals surface area contributed by atoms with E-state index in [0.717, 1.165) is 5.92 Å². The molecule has 66 valence electrons. The second kappa shape index (κ2) is 2.66. The zero-order valence-corrected chi connectivity index (χ0v) is 7.75. The first-order valence-electron chi connectivity index (χ1n) is 4.18. The maximum Gasteiger partial charge on any atom is 0.150 e. The third-order valence-electron chi connectivity index (χ3n) is 2.45. The van der Waals surface area contributed by atoms with E-state index in [2.05, 4.69) is 12.0 Å². The highest BCUT2D eigenvalue weighted by atomic mass is 35.5. The van der Waals surface area contributed by atoms with Gasteiger partial charge in [-0.1, -0.05) is 11.6 Å². The molecule has 4 heteroatoms. The number of nitrogens with two attached hydrogens (primary N) is 1. The Hall–Kier alpha value is -0.700. The zero-order valence-electron chi connectivity index (χ0n) is 7.00. The number of aromatic nitrogens is 2. The largest absolute Gasteiger partial charge is 0.395 e. The molecule has 1 aliphatic carbocycles. The number of hydrogen-bond donors (Lipinski definition) is 1. The van der Waals surface area contributed by atoms with Crippen LogP contribution in [0.2, 0.25) is 5.15 Å². The van der Waals surface area contributed by atoms with Crippen molar-refractivity contribution in [1.82, 2.24) is 9.78 Å². The van der Waals surface area contributed by atoms with Gasteiger partial charge >= 0.3 is 0 Å². The summed E-state index contributed by atoms with van der Waals surface area (Å²) >= 11 is 5.95. The van der Waals surface area contributed by atoms with Gasteiger partial charge in [-0.3, -0.25) is 0 Å². The van der Waals surface area contributed by atoms with Crippen LogP contribution in [0.4, 0.5) is 5.69 Å². The van der Waals surface area contributed by atoms with Crippen molar-refractivity contribution in [1.29, 1.82) is 0 Å². The second-order valence-corrected chi connectivity index (χ2v) is 3.77. The van der Waals surface area contributed by atoms with Crippen LogP contribution in [0, 0.1) is 5.92 Å². The van der Waals surface area contributed by atoms with Crippen molar-refractivity contribution >= 4 is 17.3 Å². The van der Waals surface area contributed by atoms with Gasteiger partial charge in [-0.05, 0) is 25.7 Å². The molecule has 0 aliphatic heterocycles. The molecule has 1 atom stereocenters. The topological polar surface area (TPSA) is 43.8 Å². The Morgan fingerprint density at radius 1 is 1.75 bits per heavy atom. The minimum atomic E-state index is 0.398. The average Bonchev–Trinajstić information content (AvgIpc) is 2.82. The normalized spacial score (nSPS) is 19.5.